The van der Waals surface area contributed by atoms with Crippen LogP contribution in [-0.2, 0) is 19.6 Å². The average molecular weight is 536 g/mol. The first kappa shape index (κ1) is 26.0. The maximum absolute atomic E-state index is 12.9. The van der Waals surface area contributed by atoms with Gasteiger partial charge in [0, 0.05) is 17.4 Å². The van der Waals surface area contributed by atoms with E-state index in [-0.39, 0.29) is 21.7 Å². The molecule has 178 valence electrons. The van der Waals surface area contributed by atoms with Gasteiger partial charge in [-0.25, -0.2) is 0 Å². The summed E-state index contributed by atoms with van der Waals surface area (Å²) in [6, 6.07) is 18.8. The fourth-order valence-corrected chi connectivity index (χ4v) is 6.51. The lowest BCUT2D eigenvalue weighted by atomic mass is 10.2. The van der Waals surface area contributed by atoms with Crippen LogP contribution in [0.5, 0.6) is 0 Å². The van der Waals surface area contributed by atoms with Gasteiger partial charge in [-0.2, -0.15) is 8.42 Å². The van der Waals surface area contributed by atoms with Crippen LogP contribution in [0, 0.1) is 6.92 Å². The number of benzene rings is 2. The van der Waals surface area contributed by atoms with E-state index < -0.39 is 15.3 Å². The molecule has 0 aliphatic carbocycles. The van der Waals surface area contributed by atoms with Crippen LogP contribution in [0.4, 0.5) is 11.4 Å². The molecular formula is C23H22ClN3O4S3. The molecule has 2 amide bonds. The number of halogens is 1. The summed E-state index contributed by atoms with van der Waals surface area (Å²) in [4.78, 5) is 25.7. The van der Waals surface area contributed by atoms with E-state index in [2.05, 4.69) is 9.71 Å². The summed E-state index contributed by atoms with van der Waals surface area (Å²) in [5.41, 5.74) is 2.18. The number of carbonyl (C=O) groups is 2. The molecule has 0 saturated carbocycles. The van der Waals surface area contributed by atoms with Crippen LogP contribution in [0.3, 0.4) is 0 Å². The lowest BCUT2D eigenvalue weighted by Crippen LogP contribution is -2.30. The lowest BCUT2D eigenvalue weighted by Gasteiger charge is -2.21. The molecule has 1 N–H and O–H groups in total. The highest BCUT2D eigenvalue weighted by atomic mass is 35.5. The van der Waals surface area contributed by atoms with Gasteiger partial charge in [0.15, 0.2) is 5.17 Å². The number of para-hydroxylation sites is 1. The number of thioether (sulfide) groups is 1. The minimum atomic E-state index is -4.13. The van der Waals surface area contributed by atoms with E-state index in [1.54, 1.807) is 49.4 Å². The smallest absolute Gasteiger partial charge is 0.294 e. The van der Waals surface area contributed by atoms with Crippen LogP contribution in [0.2, 0.25) is 4.34 Å². The fraction of sp³-hybridized carbons (Fsp3) is 0.174. The quantitative estimate of drug-likeness (QED) is 0.231. The van der Waals surface area contributed by atoms with Crippen molar-refractivity contribution in [2.75, 3.05) is 10.2 Å². The number of hydrogen-bond donors (Lipinski definition) is 1. The first-order chi connectivity index (χ1) is 16.2. The van der Waals surface area contributed by atoms with E-state index in [1.165, 1.54) is 12.1 Å². The highest BCUT2D eigenvalue weighted by Gasteiger charge is 2.24. The second-order valence-corrected chi connectivity index (χ2v) is 12.2. The number of hydrogen-bond acceptors (Lipinski definition) is 6. The van der Waals surface area contributed by atoms with Crippen molar-refractivity contribution < 1.29 is 18.0 Å². The molecule has 0 aliphatic heterocycles. The second-order valence-electron chi connectivity index (χ2n) is 7.27. The van der Waals surface area contributed by atoms with Gasteiger partial charge in [0.25, 0.3) is 10.0 Å². The second kappa shape index (κ2) is 11.7. The molecule has 0 unspecified atom stereocenters. The Morgan fingerprint density at radius 2 is 1.82 bits per heavy atom. The molecule has 1 aromatic heterocycles. The molecular weight excluding hydrogens is 514 g/mol. The molecule has 2 aromatic carbocycles. The number of nitrogens with one attached hydrogen (secondary N) is 1. The summed E-state index contributed by atoms with van der Waals surface area (Å²) < 4.78 is 30.0. The maximum Gasteiger partial charge on any atom is 0.294 e. The summed E-state index contributed by atoms with van der Waals surface area (Å²) >= 11 is 7.79. The topological polar surface area (TPSA) is 95.9 Å². The Hall–Kier alpha value is -2.66. The standard InChI is InChI=1S/C23H22ClN3O4S3/c1-16-8-10-18(11-9-16)25-21(29)14-17(2)32-23(27(15-28)19-6-4-3-5-7-19)26-34(30,31)22-13-12-20(24)33-22/h3-13,15,17H,14H2,1-2H3,(H,25,29)/t17-/m1/s1. The van der Waals surface area contributed by atoms with Gasteiger partial charge in [0.05, 0.1) is 10.0 Å². The number of thiophene rings is 1. The number of amides is 2. The minimum absolute atomic E-state index is 0.0423. The van der Waals surface area contributed by atoms with E-state index in [0.717, 1.165) is 33.6 Å². The molecule has 0 aliphatic rings. The van der Waals surface area contributed by atoms with Gasteiger partial charge >= 0.3 is 0 Å². The van der Waals surface area contributed by atoms with Crippen molar-refractivity contribution in [1.29, 1.82) is 0 Å². The third-order valence-electron chi connectivity index (χ3n) is 4.46. The number of sulfonamides is 1. The number of anilines is 2. The van der Waals surface area contributed by atoms with Crippen LogP contribution in [0.1, 0.15) is 18.9 Å². The normalized spacial score (nSPS) is 12.7. The van der Waals surface area contributed by atoms with Crippen molar-refractivity contribution in [2.24, 2.45) is 4.40 Å². The monoisotopic (exact) mass is 535 g/mol. The van der Waals surface area contributed by atoms with Gasteiger partial charge in [-0.3, -0.25) is 14.5 Å². The molecule has 3 rings (SSSR count). The molecule has 1 heterocycles. The van der Waals surface area contributed by atoms with Gasteiger partial charge in [0.1, 0.15) is 4.21 Å². The zero-order valence-corrected chi connectivity index (χ0v) is 21.5. The van der Waals surface area contributed by atoms with Crippen molar-refractivity contribution in [3.05, 3.63) is 76.6 Å². The SMILES string of the molecule is Cc1ccc(NC(=O)C[C@@H](C)SC(=NS(=O)(=O)c2ccc(Cl)s2)N(C=O)c2ccccc2)cc1. The summed E-state index contributed by atoms with van der Waals surface area (Å²) in [5.74, 6) is -0.242. The van der Waals surface area contributed by atoms with Gasteiger partial charge in [-0.15, -0.1) is 15.7 Å². The fourth-order valence-electron chi connectivity index (χ4n) is 2.84. The first-order valence-electron chi connectivity index (χ1n) is 10.1. The summed E-state index contributed by atoms with van der Waals surface area (Å²) in [5, 5.41) is 2.36. The Morgan fingerprint density at radius 3 is 2.41 bits per heavy atom. The number of aryl methyl sites for hydroxylation is 1. The zero-order chi connectivity index (χ0) is 24.7. The largest absolute Gasteiger partial charge is 0.326 e. The van der Waals surface area contributed by atoms with Crippen molar-refractivity contribution >= 4 is 73.6 Å². The van der Waals surface area contributed by atoms with Crippen molar-refractivity contribution in [1.82, 2.24) is 0 Å². The molecule has 0 saturated heterocycles. The van der Waals surface area contributed by atoms with E-state index in [4.69, 9.17) is 11.6 Å². The number of carbonyl (C=O) groups excluding carboxylic acids is 2. The zero-order valence-electron chi connectivity index (χ0n) is 18.3. The van der Waals surface area contributed by atoms with E-state index >= 15 is 0 Å². The number of nitrogens with zero attached hydrogens (tertiary/aromatic N) is 2. The molecule has 0 bridgehead atoms. The summed E-state index contributed by atoms with van der Waals surface area (Å²) in [7, 11) is -4.13. The van der Waals surface area contributed by atoms with E-state index in [9.17, 15) is 18.0 Å². The van der Waals surface area contributed by atoms with Crippen molar-refractivity contribution in [3.8, 4) is 0 Å². The van der Waals surface area contributed by atoms with E-state index in [1.807, 2.05) is 19.1 Å². The van der Waals surface area contributed by atoms with Gasteiger partial charge in [-0.1, -0.05) is 66.2 Å². The van der Waals surface area contributed by atoms with Gasteiger partial charge < -0.3 is 5.32 Å². The molecule has 34 heavy (non-hydrogen) atoms. The van der Waals surface area contributed by atoms with Crippen LogP contribution in [-0.4, -0.2) is 31.2 Å². The first-order valence-corrected chi connectivity index (χ1v) is 13.6. The molecule has 0 fully saturated rings. The molecule has 0 radical (unpaired) electrons. The summed E-state index contributed by atoms with van der Waals surface area (Å²) in [6.45, 7) is 3.71. The highest BCUT2D eigenvalue weighted by Crippen LogP contribution is 2.30. The number of rotatable bonds is 8. The Balaban J connectivity index is 1.85. The molecule has 11 heteroatoms. The maximum atomic E-state index is 12.9. The van der Waals surface area contributed by atoms with Crippen LogP contribution >= 0.6 is 34.7 Å². The van der Waals surface area contributed by atoms with E-state index in [0.29, 0.717) is 22.1 Å². The van der Waals surface area contributed by atoms with Crippen molar-refractivity contribution in [2.45, 2.75) is 29.7 Å². The Kier molecular flexibility index (Phi) is 8.90. The van der Waals surface area contributed by atoms with Crippen LogP contribution in [0.25, 0.3) is 0 Å². The molecule has 0 spiro atoms. The highest BCUT2D eigenvalue weighted by molar-refractivity contribution is 8.15. The molecule has 1 atom stereocenters. The predicted octanol–water partition coefficient (Wildman–Crippen LogP) is 5.57. The molecule has 3 aromatic rings. The van der Waals surface area contributed by atoms with Gasteiger partial charge in [0.2, 0.25) is 12.3 Å². The molecule has 7 nitrogen and oxygen atoms in total. The minimum Gasteiger partial charge on any atom is -0.326 e. The van der Waals surface area contributed by atoms with Gasteiger partial charge in [-0.05, 0) is 43.3 Å². The van der Waals surface area contributed by atoms with Crippen LogP contribution in [0.15, 0.2) is 75.3 Å². The summed E-state index contributed by atoms with van der Waals surface area (Å²) in [6.07, 6.45) is 0.571. The lowest BCUT2D eigenvalue weighted by molar-refractivity contribution is -0.116. The predicted molar refractivity (Wildman–Crippen MR) is 140 cm³/mol. The van der Waals surface area contributed by atoms with Crippen LogP contribution < -0.4 is 10.2 Å². The number of amidine groups is 1. The Morgan fingerprint density at radius 1 is 1.15 bits per heavy atom. The third-order valence-corrected chi connectivity index (χ3v) is 8.61. The average Bonchev–Trinajstić information content (AvgIpc) is 3.23. The Labute approximate surface area is 211 Å². The Bertz CT molecular complexity index is 1280. The third kappa shape index (κ3) is 7.17. The van der Waals surface area contributed by atoms with Crippen molar-refractivity contribution in [3.63, 3.8) is 0 Å².